The first-order valence-corrected chi connectivity index (χ1v) is 11.1. The number of cyclic esters (lactones) is 1. The van der Waals surface area contributed by atoms with Crippen molar-refractivity contribution in [1.82, 2.24) is 25.1 Å². The number of nitrogens with one attached hydrogen (secondary N) is 1. The molecule has 2 saturated heterocycles. The molecule has 0 unspecified atom stereocenters. The highest BCUT2D eigenvalue weighted by Gasteiger charge is 2.33. The van der Waals surface area contributed by atoms with Gasteiger partial charge in [0.05, 0.1) is 42.4 Å². The van der Waals surface area contributed by atoms with Gasteiger partial charge < -0.3 is 15.0 Å². The molecule has 1 aromatic carbocycles. The van der Waals surface area contributed by atoms with Gasteiger partial charge in [0.15, 0.2) is 0 Å². The summed E-state index contributed by atoms with van der Waals surface area (Å²) in [5.41, 5.74) is 2.62. The molecule has 2 aromatic heterocycles. The molecule has 2 amide bonds. The smallest absolute Gasteiger partial charge is 0.414 e. The predicted octanol–water partition coefficient (Wildman–Crippen LogP) is 2.39. The molecule has 0 radical (unpaired) electrons. The highest BCUT2D eigenvalue weighted by Crippen LogP contribution is 2.32. The molecule has 3 aromatic rings. The molecule has 2 fully saturated rings. The third-order valence-corrected chi connectivity index (χ3v) is 6.05. The SMILES string of the molecule is CC(=O)NC[C@H]1CN(c2ccc(N3CC[C@H](n4cc(-c5ccncn5)cn4)C3)c(F)c2)C(=O)O1. The average Bonchev–Trinajstić information content (AvgIpc) is 3.58. The van der Waals surface area contributed by atoms with Crippen molar-refractivity contribution in [2.24, 2.45) is 0 Å². The van der Waals surface area contributed by atoms with Crippen LogP contribution in [-0.2, 0) is 9.53 Å². The number of hydrogen-bond donors (Lipinski definition) is 1. The van der Waals surface area contributed by atoms with E-state index in [-0.39, 0.29) is 25.0 Å². The summed E-state index contributed by atoms with van der Waals surface area (Å²) in [4.78, 5) is 34.9. The van der Waals surface area contributed by atoms with Crippen molar-refractivity contribution < 1.29 is 18.7 Å². The summed E-state index contributed by atoms with van der Waals surface area (Å²) in [7, 11) is 0. The largest absolute Gasteiger partial charge is 0.442 e. The zero-order valence-corrected chi connectivity index (χ0v) is 18.6. The number of rotatable bonds is 6. The van der Waals surface area contributed by atoms with Gasteiger partial charge in [-0.25, -0.2) is 19.2 Å². The van der Waals surface area contributed by atoms with Crippen molar-refractivity contribution in [2.45, 2.75) is 25.5 Å². The van der Waals surface area contributed by atoms with Gasteiger partial charge >= 0.3 is 6.09 Å². The van der Waals surface area contributed by atoms with Crippen molar-refractivity contribution in [3.8, 4) is 11.3 Å². The zero-order valence-electron chi connectivity index (χ0n) is 18.6. The number of carbonyl (C=O) groups is 2. The first-order valence-electron chi connectivity index (χ1n) is 11.1. The van der Waals surface area contributed by atoms with E-state index in [9.17, 15) is 9.59 Å². The number of aromatic nitrogens is 4. The van der Waals surface area contributed by atoms with Gasteiger partial charge in [0.2, 0.25) is 5.91 Å². The third-order valence-electron chi connectivity index (χ3n) is 6.05. The molecule has 2 atom stereocenters. The molecular weight excluding hydrogens is 441 g/mol. The van der Waals surface area contributed by atoms with E-state index in [1.54, 1.807) is 24.5 Å². The van der Waals surface area contributed by atoms with Gasteiger partial charge in [-0.05, 0) is 30.7 Å². The molecular formula is C23H24FN7O3. The lowest BCUT2D eigenvalue weighted by Gasteiger charge is -2.21. The van der Waals surface area contributed by atoms with Crippen LogP contribution in [0, 0.1) is 5.82 Å². The van der Waals surface area contributed by atoms with Crippen molar-refractivity contribution in [1.29, 1.82) is 0 Å². The number of hydrogen-bond acceptors (Lipinski definition) is 7. The molecule has 1 N–H and O–H groups in total. The lowest BCUT2D eigenvalue weighted by Crippen LogP contribution is -2.33. The summed E-state index contributed by atoms with van der Waals surface area (Å²) < 4.78 is 22.2. The summed E-state index contributed by atoms with van der Waals surface area (Å²) in [5.74, 6) is -0.604. The fraction of sp³-hybridized carbons (Fsp3) is 0.348. The Labute approximate surface area is 195 Å². The summed E-state index contributed by atoms with van der Waals surface area (Å²) in [6, 6.07) is 6.70. The van der Waals surface area contributed by atoms with Gasteiger partial charge in [-0.15, -0.1) is 0 Å². The number of carbonyl (C=O) groups excluding carboxylic acids is 2. The first kappa shape index (κ1) is 21.8. The highest BCUT2D eigenvalue weighted by molar-refractivity contribution is 5.90. The number of halogens is 1. The minimum atomic E-state index is -0.554. The molecule has 2 aliphatic rings. The Morgan fingerprint density at radius 3 is 2.94 bits per heavy atom. The van der Waals surface area contributed by atoms with Crippen LogP contribution in [0.4, 0.5) is 20.6 Å². The second-order valence-electron chi connectivity index (χ2n) is 8.38. The molecule has 11 heteroatoms. The number of benzene rings is 1. The number of nitrogens with zero attached hydrogens (tertiary/aromatic N) is 6. The van der Waals surface area contributed by atoms with Gasteiger partial charge in [0.25, 0.3) is 0 Å². The normalized spacial score (nSPS) is 20.0. The molecule has 2 aliphatic heterocycles. The Kier molecular flexibility index (Phi) is 5.83. The second-order valence-corrected chi connectivity index (χ2v) is 8.38. The van der Waals surface area contributed by atoms with Crippen LogP contribution in [0.1, 0.15) is 19.4 Å². The molecule has 176 valence electrons. The molecule has 34 heavy (non-hydrogen) atoms. The van der Waals surface area contributed by atoms with Crippen molar-refractivity contribution in [3.63, 3.8) is 0 Å². The Morgan fingerprint density at radius 1 is 1.29 bits per heavy atom. The summed E-state index contributed by atoms with van der Waals surface area (Å²) in [5, 5.41) is 7.11. The van der Waals surface area contributed by atoms with Gasteiger partial charge in [0, 0.05) is 38.0 Å². The molecule has 10 nitrogen and oxygen atoms in total. The Hall–Kier alpha value is -4.02. The fourth-order valence-corrected chi connectivity index (χ4v) is 4.32. The topological polar surface area (TPSA) is 105 Å². The minimum absolute atomic E-state index is 0.109. The molecule has 0 aliphatic carbocycles. The lowest BCUT2D eigenvalue weighted by atomic mass is 10.2. The van der Waals surface area contributed by atoms with Crippen molar-refractivity contribution in [2.75, 3.05) is 36.0 Å². The Bertz CT molecular complexity index is 1200. The van der Waals surface area contributed by atoms with Crippen LogP contribution in [-0.4, -0.2) is 64.0 Å². The van der Waals surface area contributed by atoms with E-state index in [1.807, 2.05) is 21.8 Å². The number of anilines is 2. The highest BCUT2D eigenvalue weighted by atomic mass is 19.1. The lowest BCUT2D eigenvalue weighted by molar-refractivity contribution is -0.119. The van der Waals surface area contributed by atoms with Crippen LogP contribution in [0.3, 0.4) is 0 Å². The van der Waals surface area contributed by atoms with Gasteiger partial charge in [-0.1, -0.05) is 0 Å². The zero-order chi connectivity index (χ0) is 23.7. The van der Waals surface area contributed by atoms with Gasteiger partial charge in [0.1, 0.15) is 18.2 Å². The second kappa shape index (κ2) is 9.08. The van der Waals surface area contributed by atoms with Gasteiger partial charge in [-0.2, -0.15) is 5.10 Å². The summed E-state index contributed by atoms with van der Waals surface area (Å²) in [6.07, 6.45) is 6.72. The van der Waals surface area contributed by atoms with Gasteiger partial charge in [-0.3, -0.25) is 14.4 Å². The van der Waals surface area contributed by atoms with Crippen LogP contribution in [0.25, 0.3) is 11.3 Å². The maximum absolute atomic E-state index is 15.1. The van der Waals surface area contributed by atoms with Crippen LogP contribution in [0.2, 0.25) is 0 Å². The Balaban J connectivity index is 1.25. The average molecular weight is 465 g/mol. The van der Waals surface area contributed by atoms with E-state index in [4.69, 9.17) is 4.74 Å². The molecule has 0 saturated carbocycles. The van der Waals surface area contributed by atoms with Crippen molar-refractivity contribution in [3.05, 3.63) is 55.0 Å². The predicted molar refractivity (Wildman–Crippen MR) is 122 cm³/mol. The van der Waals surface area contributed by atoms with E-state index >= 15 is 4.39 Å². The van der Waals surface area contributed by atoms with E-state index in [1.165, 1.54) is 24.2 Å². The first-order chi connectivity index (χ1) is 16.5. The molecule has 5 rings (SSSR count). The number of amides is 2. The van der Waals surface area contributed by atoms with Crippen LogP contribution in [0.15, 0.2) is 49.2 Å². The summed E-state index contributed by atoms with van der Waals surface area (Å²) >= 11 is 0. The maximum atomic E-state index is 15.1. The standard InChI is InChI=1S/C23H24FN7O3/c1-15(32)26-10-19-13-30(23(33)34-19)17-2-3-22(20(24)8-17)29-7-5-18(12-29)31-11-16(9-28-31)21-4-6-25-14-27-21/h2-4,6,8-9,11,14,18-19H,5,7,10,12-13H2,1H3,(H,26,32)/t18-,19-/m0/s1. The fourth-order valence-electron chi connectivity index (χ4n) is 4.32. The minimum Gasteiger partial charge on any atom is -0.442 e. The van der Waals surface area contributed by atoms with E-state index < -0.39 is 18.0 Å². The summed E-state index contributed by atoms with van der Waals surface area (Å²) in [6.45, 7) is 3.17. The molecule has 4 heterocycles. The third kappa shape index (κ3) is 4.41. The van der Waals surface area contributed by atoms with Crippen LogP contribution < -0.4 is 15.1 Å². The maximum Gasteiger partial charge on any atom is 0.414 e. The van der Waals surface area contributed by atoms with E-state index in [0.29, 0.717) is 24.5 Å². The van der Waals surface area contributed by atoms with E-state index in [2.05, 4.69) is 20.4 Å². The number of ether oxygens (including phenoxy) is 1. The van der Waals surface area contributed by atoms with Crippen molar-refractivity contribution >= 4 is 23.4 Å². The molecule has 0 spiro atoms. The quantitative estimate of drug-likeness (QED) is 0.596. The molecule has 0 bridgehead atoms. The Morgan fingerprint density at radius 2 is 2.18 bits per heavy atom. The van der Waals surface area contributed by atoms with E-state index in [0.717, 1.165) is 17.7 Å². The monoisotopic (exact) mass is 465 g/mol. The van der Waals surface area contributed by atoms with Crippen LogP contribution >= 0.6 is 0 Å². The van der Waals surface area contributed by atoms with Crippen LogP contribution in [0.5, 0.6) is 0 Å².